The molecule has 2 N–H and O–H groups in total. The minimum atomic E-state index is -4.14. The summed E-state index contributed by atoms with van der Waals surface area (Å²) in [5.41, 5.74) is 2.41. The summed E-state index contributed by atoms with van der Waals surface area (Å²) in [4.78, 5) is 16.3. The zero-order valence-electron chi connectivity index (χ0n) is 18.6. The summed E-state index contributed by atoms with van der Waals surface area (Å²) in [7, 11) is -4.14. The summed E-state index contributed by atoms with van der Waals surface area (Å²) in [5, 5.41) is 8.07. The number of hydrogen-bond acceptors (Lipinski definition) is 7. The Balaban J connectivity index is 1.50. The summed E-state index contributed by atoms with van der Waals surface area (Å²) < 4.78 is 49.0. The number of carbonyl (C=O) groups is 1. The third-order valence-corrected chi connectivity index (χ3v) is 8.70. The van der Waals surface area contributed by atoms with Gasteiger partial charge in [-0.2, -0.15) is 5.10 Å². The molecule has 0 aliphatic carbocycles. The molecule has 2 amide bonds. The number of ether oxygens (including phenoxy) is 1. The van der Waals surface area contributed by atoms with Crippen molar-refractivity contribution in [3.05, 3.63) is 67.8 Å². The Labute approximate surface area is 215 Å². The molecule has 0 unspecified atom stereocenters. The minimum absolute atomic E-state index is 0.0419. The van der Waals surface area contributed by atoms with Crippen molar-refractivity contribution in [2.45, 2.75) is 31.2 Å². The van der Waals surface area contributed by atoms with Crippen LogP contribution in [0.15, 0.2) is 34.4 Å². The lowest BCUT2D eigenvalue weighted by molar-refractivity contribution is 0.144. The fraction of sp³-hybridized carbons (Fsp3) is 0.286. The number of thiazole rings is 1. The van der Waals surface area contributed by atoms with Crippen molar-refractivity contribution in [2.75, 3.05) is 13.2 Å². The van der Waals surface area contributed by atoms with E-state index in [1.54, 1.807) is 36.0 Å². The molecule has 0 spiro atoms. The maximum atomic E-state index is 15.2. The number of urea groups is 1. The molecule has 0 bridgehead atoms. The van der Waals surface area contributed by atoms with Gasteiger partial charge in [-0.3, -0.25) is 4.68 Å². The number of rotatable bonds is 6. The summed E-state index contributed by atoms with van der Waals surface area (Å²) in [6.07, 6.45) is 1.58. The van der Waals surface area contributed by atoms with E-state index >= 15 is 4.39 Å². The van der Waals surface area contributed by atoms with E-state index in [-0.39, 0.29) is 35.2 Å². The molecule has 35 heavy (non-hydrogen) atoms. The molecule has 0 saturated heterocycles. The van der Waals surface area contributed by atoms with Crippen LogP contribution in [0.4, 0.5) is 9.18 Å². The first-order chi connectivity index (χ1) is 16.5. The molecule has 0 fully saturated rings. The smallest absolute Gasteiger partial charge is 0.329 e. The Morgan fingerprint density at radius 1 is 1.29 bits per heavy atom. The number of nitrogens with one attached hydrogen (secondary N) is 2. The highest BCUT2D eigenvalue weighted by Gasteiger charge is 2.26. The Hall–Kier alpha value is -2.51. The summed E-state index contributed by atoms with van der Waals surface area (Å²) in [6, 6.07) is 4.01. The number of amides is 2. The van der Waals surface area contributed by atoms with E-state index in [0.29, 0.717) is 26.3 Å². The van der Waals surface area contributed by atoms with Crippen LogP contribution in [0.2, 0.25) is 10.0 Å². The van der Waals surface area contributed by atoms with Crippen LogP contribution in [0.3, 0.4) is 0 Å². The van der Waals surface area contributed by atoms with Gasteiger partial charge in [-0.25, -0.2) is 27.3 Å². The predicted molar refractivity (Wildman–Crippen MR) is 131 cm³/mol. The molecule has 4 rings (SSSR count). The van der Waals surface area contributed by atoms with Crippen molar-refractivity contribution in [1.29, 1.82) is 0 Å². The highest BCUT2D eigenvalue weighted by molar-refractivity contribution is 7.92. The van der Waals surface area contributed by atoms with E-state index in [1.165, 1.54) is 6.92 Å². The average Bonchev–Trinajstić information content (AvgIpc) is 3.36. The highest BCUT2D eigenvalue weighted by Crippen LogP contribution is 2.30. The third-order valence-electron chi connectivity index (χ3n) is 5.10. The van der Waals surface area contributed by atoms with Crippen LogP contribution >= 0.6 is 34.5 Å². The summed E-state index contributed by atoms with van der Waals surface area (Å²) >= 11 is 13.2. The first-order valence-corrected chi connectivity index (χ1v) is 13.3. The van der Waals surface area contributed by atoms with Gasteiger partial charge in [0.25, 0.3) is 10.0 Å². The predicted octanol–water partition coefficient (Wildman–Crippen LogP) is 4.21. The second-order valence-corrected chi connectivity index (χ2v) is 11.6. The quantitative estimate of drug-likeness (QED) is 0.467. The van der Waals surface area contributed by atoms with E-state index in [2.05, 4.69) is 15.4 Å². The summed E-state index contributed by atoms with van der Waals surface area (Å²) in [5.74, 6) is -0.688. The number of carbonyl (C=O) groups excluding carboxylic acids is 1. The van der Waals surface area contributed by atoms with E-state index in [1.807, 2.05) is 4.72 Å². The second-order valence-electron chi connectivity index (χ2n) is 7.68. The van der Waals surface area contributed by atoms with Crippen LogP contribution < -0.4 is 10.0 Å². The van der Waals surface area contributed by atoms with E-state index in [4.69, 9.17) is 27.9 Å². The zero-order chi connectivity index (χ0) is 25.3. The Morgan fingerprint density at radius 2 is 2.06 bits per heavy atom. The first kappa shape index (κ1) is 25.6. The van der Waals surface area contributed by atoms with Crippen molar-refractivity contribution in [3.63, 3.8) is 0 Å². The van der Waals surface area contributed by atoms with Crippen LogP contribution in [-0.4, -0.2) is 42.4 Å². The Morgan fingerprint density at radius 3 is 2.74 bits per heavy atom. The first-order valence-electron chi connectivity index (χ1n) is 10.2. The fourth-order valence-corrected chi connectivity index (χ4v) is 6.46. The van der Waals surface area contributed by atoms with Crippen LogP contribution in [0.5, 0.6) is 0 Å². The topological polar surface area (TPSA) is 115 Å². The highest BCUT2D eigenvalue weighted by atomic mass is 35.5. The van der Waals surface area contributed by atoms with Gasteiger partial charge in [-0.1, -0.05) is 29.3 Å². The van der Waals surface area contributed by atoms with Crippen LogP contribution in [0.1, 0.15) is 27.5 Å². The van der Waals surface area contributed by atoms with Gasteiger partial charge < -0.3 is 10.1 Å². The van der Waals surface area contributed by atoms with E-state index < -0.39 is 28.4 Å². The number of halogens is 3. The van der Waals surface area contributed by atoms with Crippen molar-refractivity contribution < 1.29 is 22.3 Å². The standard InChI is InChI=1S/C21H20Cl2FN5O4S2/c1-11-20(34-12(2)27-11)35(31,32)28-21(30)25-7-18(24)16-10-33-9-14-6-26-29(19(14)16)8-13-3-4-15(22)5-17(13)23/h3-6H,7-10H2,1-2H3,(H2,25,28,30). The van der Waals surface area contributed by atoms with Crippen LogP contribution in [0.25, 0.3) is 5.57 Å². The molecule has 3 aromatic rings. The molecule has 0 atom stereocenters. The minimum Gasteiger partial charge on any atom is -0.372 e. The number of aryl methyl sites for hydroxylation is 2. The molecule has 2 aromatic heterocycles. The number of nitrogens with zero attached hydrogens (tertiary/aromatic N) is 3. The third kappa shape index (κ3) is 5.67. The number of aromatic nitrogens is 3. The maximum Gasteiger partial charge on any atom is 0.329 e. The van der Waals surface area contributed by atoms with Gasteiger partial charge >= 0.3 is 6.03 Å². The lowest BCUT2D eigenvalue weighted by atomic mass is 10.1. The maximum absolute atomic E-state index is 15.2. The molecular weight excluding hydrogens is 540 g/mol. The van der Waals surface area contributed by atoms with Gasteiger partial charge in [0.05, 0.1) is 48.9 Å². The number of benzene rings is 1. The second kappa shape index (κ2) is 10.2. The van der Waals surface area contributed by atoms with Gasteiger partial charge in [0.1, 0.15) is 5.83 Å². The Kier molecular flexibility index (Phi) is 7.48. The van der Waals surface area contributed by atoms with E-state index in [0.717, 1.165) is 16.9 Å². The lowest BCUT2D eigenvalue weighted by Crippen LogP contribution is -2.40. The number of sulfonamides is 1. The van der Waals surface area contributed by atoms with Gasteiger partial charge in [0.15, 0.2) is 4.21 Å². The fourth-order valence-electron chi connectivity index (χ4n) is 3.58. The normalized spacial score (nSPS) is 15.0. The summed E-state index contributed by atoms with van der Waals surface area (Å²) in [6.45, 7) is 3.11. The van der Waals surface area contributed by atoms with Gasteiger partial charge in [-0.05, 0) is 31.5 Å². The molecule has 1 aromatic carbocycles. The van der Waals surface area contributed by atoms with E-state index in [9.17, 15) is 13.2 Å². The largest absolute Gasteiger partial charge is 0.372 e. The molecule has 1 aliphatic rings. The number of hydrogen-bond donors (Lipinski definition) is 2. The Bertz CT molecular complexity index is 1440. The van der Waals surface area contributed by atoms with Gasteiger partial charge in [-0.15, -0.1) is 11.3 Å². The molecule has 3 heterocycles. The lowest BCUT2D eigenvalue weighted by Gasteiger charge is -2.20. The van der Waals surface area contributed by atoms with Crippen molar-refractivity contribution >= 4 is 56.2 Å². The van der Waals surface area contributed by atoms with Crippen molar-refractivity contribution in [3.8, 4) is 0 Å². The average molecular weight is 560 g/mol. The molecule has 0 saturated carbocycles. The molecule has 14 heteroatoms. The van der Waals surface area contributed by atoms with Crippen LogP contribution in [-0.2, 0) is 27.9 Å². The van der Waals surface area contributed by atoms with Gasteiger partial charge in [0.2, 0.25) is 0 Å². The molecule has 1 aliphatic heterocycles. The molecule has 186 valence electrons. The van der Waals surface area contributed by atoms with Crippen molar-refractivity contribution in [1.82, 2.24) is 24.8 Å². The monoisotopic (exact) mass is 559 g/mol. The zero-order valence-corrected chi connectivity index (χ0v) is 21.7. The van der Waals surface area contributed by atoms with Crippen molar-refractivity contribution in [2.24, 2.45) is 0 Å². The molecular formula is C21H20Cl2FN5O4S2. The number of fused-ring (bicyclic) bond motifs is 1. The molecule has 9 nitrogen and oxygen atoms in total. The SMILES string of the molecule is Cc1nc(C)c(S(=O)(=O)NC(=O)NCC(F)=C2COCc3cnn(Cc4ccc(Cl)cc4Cl)c32)s1. The molecule has 0 radical (unpaired) electrons. The van der Waals surface area contributed by atoms with Gasteiger partial charge in [0, 0.05) is 21.2 Å². The van der Waals surface area contributed by atoms with Crippen LogP contribution in [0, 0.1) is 13.8 Å².